The van der Waals surface area contributed by atoms with E-state index in [1.165, 1.54) is 24.5 Å². The van der Waals surface area contributed by atoms with Gasteiger partial charge < -0.3 is 0 Å². The fourth-order valence-corrected chi connectivity index (χ4v) is 2.41. The molecule has 0 radical (unpaired) electrons. The molecule has 0 bridgehead atoms. The van der Waals surface area contributed by atoms with Crippen LogP contribution < -0.4 is 10.9 Å². The summed E-state index contributed by atoms with van der Waals surface area (Å²) in [4.78, 5) is 49.6. The number of hydrogen-bond acceptors (Lipinski definition) is 6. The number of fused-ring (bicyclic) bond motifs is 1. The first kappa shape index (κ1) is 13.9. The minimum atomic E-state index is -0.808. The molecule has 1 aliphatic heterocycles. The van der Waals surface area contributed by atoms with E-state index in [1.54, 1.807) is 0 Å². The van der Waals surface area contributed by atoms with Gasteiger partial charge >= 0.3 is 0 Å². The monoisotopic (exact) mass is 302 g/mol. The Hall–Kier alpha value is -3.10. The molecule has 3 rings (SSSR count). The first-order valence-corrected chi connectivity index (χ1v) is 6.46. The van der Waals surface area contributed by atoms with Crippen molar-refractivity contribution in [2.45, 2.75) is 18.9 Å². The van der Waals surface area contributed by atoms with Gasteiger partial charge in [-0.15, -0.1) is 0 Å². The van der Waals surface area contributed by atoms with E-state index < -0.39 is 22.4 Å². The molecule has 1 atom stereocenters. The van der Waals surface area contributed by atoms with E-state index in [1.807, 2.05) is 0 Å². The molecule has 9 heteroatoms. The van der Waals surface area contributed by atoms with Crippen molar-refractivity contribution >= 4 is 28.4 Å². The molecule has 1 unspecified atom stereocenters. The van der Waals surface area contributed by atoms with Gasteiger partial charge in [-0.1, -0.05) is 0 Å². The highest BCUT2D eigenvalue weighted by molar-refractivity contribution is 5.99. The molecule has 22 heavy (non-hydrogen) atoms. The maximum absolute atomic E-state index is 12.4. The molecule has 1 aromatic carbocycles. The highest BCUT2D eigenvalue weighted by Gasteiger charge is 2.29. The lowest BCUT2D eigenvalue weighted by molar-refractivity contribution is -0.384. The highest BCUT2D eigenvalue weighted by Crippen LogP contribution is 2.20. The summed E-state index contributed by atoms with van der Waals surface area (Å²) in [5.74, 6) is -0.930. The smallest absolute Gasteiger partial charge is 0.271 e. The molecule has 1 fully saturated rings. The molecule has 0 saturated carbocycles. The summed E-state index contributed by atoms with van der Waals surface area (Å²) in [5, 5.41) is 13.1. The lowest BCUT2D eigenvalue weighted by Crippen LogP contribution is -2.44. The van der Waals surface area contributed by atoms with Crippen LogP contribution in [0.5, 0.6) is 0 Å². The van der Waals surface area contributed by atoms with Crippen LogP contribution in [0.2, 0.25) is 0 Å². The Kier molecular flexibility index (Phi) is 3.17. The van der Waals surface area contributed by atoms with E-state index in [9.17, 15) is 24.5 Å². The van der Waals surface area contributed by atoms with Crippen LogP contribution in [0.3, 0.4) is 0 Å². The Bertz CT molecular complexity index is 872. The Morgan fingerprint density at radius 2 is 2.09 bits per heavy atom. The predicted octanol–water partition coefficient (Wildman–Crippen LogP) is 0.282. The van der Waals surface area contributed by atoms with Crippen molar-refractivity contribution in [1.82, 2.24) is 14.9 Å². The highest BCUT2D eigenvalue weighted by atomic mass is 16.6. The second-order valence-corrected chi connectivity index (χ2v) is 4.88. The normalized spacial score (nSPS) is 18.3. The average molecular weight is 302 g/mol. The number of piperidine rings is 1. The number of amides is 2. The standard InChI is InChI=1S/C13H10N4O5/c18-11-4-3-10(12(19)15-11)16-6-14-9-5-7(17(21)22)1-2-8(9)13(16)20/h1-2,5-6,10H,3-4H2,(H,15,18,19). The van der Waals surface area contributed by atoms with Crippen molar-refractivity contribution in [3.05, 3.63) is 45.0 Å². The molecule has 1 saturated heterocycles. The number of nitrogens with zero attached hydrogens (tertiary/aromatic N) is 3. The maximum atomic E-state index is 12.4. The number of non-ortho nitro benzene ring substituents is 1. The average Bonchev–Trinajstić information content (AvgIpc) is 2.48. The largest absolute Gasteiger partial charge is 0.295 e. The van der Waals surface area contributed by atoms with Gasteiger partial charge in [-0.05, 0) is 12.5 Å². The molecule has 1 aliphatic rings. The third-order valence-electron chi connectivity index (χ3n) is 3.52. The fraction of sp³-hybridized carbons (Fsp3) is 0.231. The minimum absolute atomic E-state index is 0.140. The zero-order valence-corrected chi connectivity index (χ0v) is 11.2. The van der Waals surface area contributed by atoms with Gasteiger partial charge in [0.05, 0.1) is 22.2 Å². The van der Waals surface area contributed by atoms with E-state index in [-0.39, 0.29) is 35.3 Å². The molecule has 9 nitrogen and oxygen atoms in total. The first-order chi connectivity index (χ1) is 10.5. The summed E-state index contributed by atoms with van der Waals surface area (Å²) in [6, 6.07) is 2.91. The van der Waals surface area contributed by atoms with Crippen LogP contribution in [0.1, 0.15) is 18.9 Å². The maximum Gasteiger partial charge on any atom is 0.271 e. The molecular formula is C13H10N4O5. The van der Waals surface area contributed by atoms with E-state index in [4.69, 9.17) is 0 Å². The number of aromatic nitrogens is 2. The molecule has 2 heterocycles. The molecule has 2 aromatic rings. The van der Waals surface area contributed by atoms with E-state index in [2.05, 4.69) is 10.3 Å². The Morgan fingerprint density at radius 1 is 1.32 bits per heavy atom. The van der Waals surface area contributed by atoms with Gasteiger partial charge in [0.1, 0.15) is 6.04 Å². The van der Waals surface area contributed by atoms with Crippen molar-refractivity contribution in [1.29, 1.82) is 0 Å². The van der Waals surface area contributed by atoms with E-state index in [0.717, 1.165) is 4.57 Å². The van der Waals surface area contributed by atoms with Crippen molar-refractivity contribution in [3.8, 4) is 0 Å². The first-order valence-electron chi connectivity index (χ1n) is 6.46. The van der Waals surface area contributed by atoms with Gasteiger partial charge in [-0.2, -0.15) is 0 Å². The third kappa shape index (κ3) is 2.22. The second-order valence-electron chi connectivity index (χ2n) is 4.88. The van der Waals surface area contributed by atoms with E-state index >= 15 is 0 Å². The minimum Gasteiger partial charge on any atom is -0.295 e. The molecule has 2 amide bonds. The van der Waals surface area contributed by atoms with Crippen molar-refractivity contribution in [2.75, 3.05) is 0 Å². The van der Waals surface area contributed by atoms with Crippen LogP contribution in [-0.4, -0.2) is 26.3 Å². The molecule has 1 N–H and O–H groups in total. The zero-order chi connectivity index (χ0) is 15.9. The number of rotatable bonds is 2. The molecule has 112 valence electrons. The van der Waals surface area contributed by atoms with Crippen molar-refractivity contribution < 1.29 is 14.5 Å². The number of nitrogens with one attached hydrogen (secondary N) is 1. The molecule has 0 aliphatic carbocycles. The number of nitro benzene ring substituents is 1. The molecule has 1 aromatic heterocycles. The van der Waals surface area contributed by atoms with Gasteiger partial charge in [-0.25, -0.2) is 4.98 Å². The van der Waals surface area contributed by atoms with Crippen molar-refractivity contribution in [3.63, 3.8) is 0 Å². The number of hydrogen-bond donors (Lipinski definition) is 1. The fourth-order valence-electron chi connectivity index (χ4n) is 2.41. The lowest BCUT2D eigenvalue weighted by Gasteiger charge is -2.22. The van der Waals surface area contributed by atoms with Gasteiger partial charge in [0, 0.05) is 18.6 Å². The number of imide groups is 1. The van der Waals surface area contributed by atoms with Crippen LogP contribution in [0.4, 0.5) is 5.69 Å². The predicted molar refractivity (Wildman–Crippen MR) is 74.1 cm³/mol. The Labute approximate surface area is 122 Å². The molecular weight excluding hydrogens is 292 g/mol. The number of carbonyl (C=O) groups excluding carboxylic acids is 2. The number of carbonyl (C=O) groups is 2. The third-order valence-corrected chi connectivity index (χ3v) is 3.52. The zero-order valence-electron chi connectivity index (χ0n) is 11.2. The second kappa shape index (κ2) is 5.02. The number of nitro groups is 1. The van der Waals surface area contributed by atoms with Crippen molar-refractivity contribution in [2.24, 2.45) is 0 Å². The van der Waals surface area contributed by atoms with Gasteiger partial charge in [-0.3, -0.25) is 34.4 Å². The summed E-state index contributed by atoms with van der Waals surface area (Å²) < 4.78 is 1.15. The van der Waals surface area contributed by atoms with Gasteiger partial charge in [0.15, 0.2) is 0 Å². The quantitative estimate of drug-likeness (QED) is 0.482. The Morgan fingerprint density at radius 3 is 2.77 bits per heavy atom. The van der Waals surface area contributed by atoms with E-state index in [0.29, 0.717) is 0 Å². The topological polar surface area (TPSA) is 124 Å². The van der Waals surface area contributed by atoms with Crippen LogP contribution in [-0.2, 0) is 9.59 Å². The summed E-state index contributed by atoms with van der Waals surface area (Å²) in [6.45, 7) is 0. The van der Waals surface area contributed by atoms with Crippen LogP contribution in [0.15, 0.2) is 29.3 Å². The summed E-state index contributed by atoms with van der Waals surface area (Å²) in [6.07, 6.45) is 1.53. The van der Waals surface area contributed by atoms with Crippen LogP contribution >= 0.6 is 0 Å². The Balaban J connectivity index is 2.09. The SMILES string of the molecule is O=C1CCC(n2cnc3cc([N+](=O)[O-])ccc3c2=O)C(=O)N1. The summed E-state index contributed by atoms with van der Waals surface area (Å²) in [7, 11) is 0. The van der Waals surface area contributed by atoms with Crippen LogP contribution in [0.25, 0.3) is 10.9 Å². The molecule has 0 spiro atoms. The van der Waals surface area contributed by atoms with Gasteiger partial charge in [0.25, 0.3) is 11.2 Å². The van der Waals surface area contributed by atoms with Gasteiger partial charge in [0.2, 0.25) is 11.8 Å². The summed E-state index contributed by atoms with van der Waals surface area (Å²) >= 11 is 0. The summed E-state index contributed by atoms with van der Waals surface area (Å²) in [5.41, 5.74) is -0.463. The van der Waals surface area contributed by atoms with Crippen LogP contribution in [0, 0.1) is 10.1 Å². The number of benzene rings is 1. The lowest BCUT2D eigenvalue weighted by atomic mass is 10.1.